The summed E-state index contributed by atoms with van der Waals surface area (Å²) in [4.78, 5) is 18.5. The monoisotopic (exact) mass is 603 g/mol. The molecule has 0 saturated heterocycles. The highest BCUT2D eigenvalue weighted by molar-refractivity contribution is 7.15. The van der Waals surface area contributed by atoms with Crippen molar-refractivity contribution in [2.45, 2.75) is 27.2 Å². The van der Waals surface area contributed by atoms with Gasteiger partial charge < -0.3 is 9.47 Å². The molecule has 0 N–H and O–H groups in total. The van der Waals surface area contributed by atoms with Gasteiger partial charge in [-0.25, -0.2) is 4.68 Å². The molecule has 0 atom stereocenters. The van der Waals surface area contributed by atoms with Gasteiger partial charge in [-0.3, -0.25) is 4.79 Å². The molecule has 0 radical (unpaired) electrons. The molecule has 9 heteroatoms. The van der Waals surface area contributed by atoms with E-state index in [1.54, 1.807) is 6.08 Å². The second-order valence-electron chi connectivity index (χ2n) is 10.7. The summed E-state index contributed by atoms with van der Waals surface area (Å²) in [5.41, 5.74) is 4.21. The molecule has 8 nitrogen and oxygen atoms in total. The molecule has 0 spiro atoms. The van der Waals surface area contributed by atoms with Crippen LogP contribution in [0.1, 0.15) is 44.1 Å². The molecular formula is C35H33N5O3S. The van der Waals surface area contributed by atoms with Gasteiger partial charge in [0.1, 0.15) is 17.2 Å². The fraction of sp³-hybridized carbons (Fsp3) is 0.200. The highest BCUT2D eigenvalue weighted by Crippen LogP contribution is 2.27. The van der Waals surface area contributed by atoms with Crippen LogP contribution in [0.25, 0.3) is 40.1 Å². The Labute approximate surface area is 259 Å². The summed E-state index contributed by atoms with van der Waals surface area (Å²) < 4.78 is 15.1. The Hall–Kier alpha value is -5.02. The molecule has 0 unspecified atom stereocenters. The molecule has 0 amide bonds. The van der Waals surface area contributed by atoms with Crippen LogP contribution in [0.15, 0.2) is 89.9 Å². The number of hydrogen-bond acceptors (Lipinski definition) is 7. The first-order valence-electron chi connectivity index (χ1n) is 14.7. The molecule has 6 rings (SSSR count). The molecular weight excluding hydrogens is 570 g/mol. The number of benzene rings is 3. The molecule has 0 saturated carbocycles. The van der Waals surface area contributed by atoms with Crippen LogP contribution >= 0.6 is 11.3 Å². The fourth-order valence-electron chi connectivity index (χ4n) is 4.63. The van der Waals surface area contributed by atoms with Gasteiger partial charge in [0.25, 0.3) is 5.56 Å². The zero-order chi connectivity index (χ0) is 30.5. The van der Waals surface area contributed by atoms with E-state index >= 15 is 0 Å². The minimum absolute atomic E-state index is 0.217. The molecule has 3 heterocycles. The van der Waals surface area contributed by atoms with Crippen LogP contribution in [0.4, 0.5) is 0 Å². The van der Waals surface area contributed by atoms with E-state index in [1.807, 2.05) is 109 Å². The molecule has 6 aromatic rings. The topological polar surface area (TPSA) is 83.5 Å². The van der Waals surface area contributed by atoms with Crippen molar-refractivity contribution in [3.63, 3.8) is 0 Å². The normalized spacial score (nSPS) is 12.1. The van der Waals surface area contributed by atoms with E-state index in [0.29, 0.717) is 34.4 Å². The van der Waals surface area contributed by atoms with E-state index in [4.69, 9.17) is 14.6 Å². The van der Waals surface area contributed by atoms with Gasteiger partial charge in [0.2, 0.25) is 4.96 Å². The van der Waals surface area contributed by atoms with Crippen LogP contribution in [0, 0.1) is 5.92 Å². The third kappa shape index (κ3) is 6.63. The molecule has 0 bridgehead atoms. The van der Waals surface area contributed by atoms with E-state index in [-0.39, 0.29) is 5.56 Å². The minimum atomic E-state index is -0.217. The van der Waals surface area contributed by atoms with Crippen molar-refractivity contribution in [1.82, 2.24) is 24.4 Å². The van der Waals surface area contributed by atoms with Gasteiger partial charge >= 0.3 is 0 Å². The number of ether oxygens (including phenoxy) is 2. The zero-order valence-corrected chi connectivity index (χ0v) is 25.7. The van der Waals surface area contributed by atoms with Crippen LogP contribution in [-0.2, 0) is 0 Å². The summed E-state index contributed by atoms with van der Waals surface area (Å²) in [6.45, 7) is 7.63. The average Bonchev–Trinajstić information content (AvgIpc) is 3.72. The SMILES string of the molecule is CCOc1ccc(/C=C/c2nc3s/c(=C\c4cn(-c5ccccc5)nc4-c4ccc(OCCC(C)C)cc4)c(=O)n3n2)cc1. The van der Waals surface area contributed by atoms with E-state index in [2.05, 4.69) is 23.9 Å². The molecule has 3 aromatic carbocycles. The second kappa shape index (κ2) is 13.1. The van der Waals surface area contributed by atoms with Gasteiger partial charge in [-0.1, -0.05) is 61.6 Å². The predicted octanol–water partition coefficient (Wildman–Crippen LogP) is 6.55. The maximum atomic E-state index is 13.4. The lowest BCUT2D eigenvalue weighted by atomic mass is 10.1. The molecule has 222 valence electrons. The summed E-state index contributed by atoms with van der Waals surface area (Å²) >= 11 is 1.31. The smallest absolute Gasteiger partial charge is 0.291 e. The Morgan fingerprint density at radius 2 is 1.61 bits per heavy atom. The Bertz CT molecular complexity index is 1990. The van der Waals surface area contributed by atoms with Crippen LogP contribution in [0.3, 0.4) is 0 Å². The first-order chi connectivity index (χ1) is 21.5. The summed E-state index contributed by atoms with van der Waals surface area (Å²) in [5.74, 6) is 2.71. The van der Waals surface area contributed by atoms with Gasteiger partial charge in [0.05, 0.1) is 23.4 Å². The number of thiazole rings is 1. The molecule has 0 aliphatic rings. The van der Waals surface area contributed by atoms with Crippen molar-refractivity contribution >= 4 is 34.5 Å². The van der Waals surface area contributed by atoms with E-state index in [0.717, 1.165) is 46.0 Å². The van der Waals surface area contributed by atoms with Gasteiger partial charge in [-0.2, -0.15) is 14.6 Å². The van der Waals surface area contributed by atoms with Gasteiger partial charge in [-0.15, -0.1) is 5.10 Å². The number of hydrogen-bond donors (Lipinski definition) is 0. The standard InChI is InChI=1S/C35H33N5O3S/c1-4-42-29-15-10-25(11-16-29)12-19-32-36-35-40(37-32)34(41)31(44-35)22-27-23-39(28-8-6-5-7-9-28)38-33(27)26-13-17-30(18-14-26)43-21-20-24(2)3/h5-19,22-24H,4,20-21H2,1-3H3/b19-12+,31-22-. The lowest BCUT2D eigenvalue weighted by molar-refractivity contribution is 0.289. The van der Waals surface area contributed by atoms with Crippen molar-refractivity contribution in [3.05, 3.63) is 117 Å². The van der Waals surface area contributed by atoms with Crippen LogP contribution in [-0.4, -0.2) is 37.6 Å². The average molecular weight is 604 g/mol. The molecule has 3 aromatic heterocycles. The fourth-order valence-corrected chi connectivity index (χ4v) is 5.53. The Balaban J connectivity index is 1.31. The van der Waals surface area contributed by atoms with Gasteiger partial charge in [-0.05, 0) is 85.5 Å². The minimum Gasteiger partial charge on any atom is -0.494 e. The van der Waals surface area contributed by atoms with E-state index in [1.165, 1.54) is 15.9 Å². The third-order valence-electron chi connectivity index (χ3n) is 6.96. The molecule has 0 aliphatic heterocycles. The van der Waals surface area contributed by atoms with Gasteiger partial charge in [0, 0.05) is 17.3 Å². The lowest BCUT2D eigenvalue weighted by Crippen LogP contribution is -2.23. The van der Waals surface area contributed by atoms with Crippen LogP contribution in [0.5, 0.6) is 11.5 Å². The number of fused-ring (bicyclic) bond motifs is 1. The number of rotatable bonds is 11. The highest BCUT2D eigenvalue weighted by atomic mass is 32.1. The first kappa shape index (κ1) is 29.1. The maximum absolute atomic E-state index is 13.4. The molecule has 0 aliphatic carbocycles. The summed E-state index contributed by atoms with van der Waals surface area (Å²) in [6.07, 6.45) is 8.53. The van der Waals surface area contributed by atoms with Crippen molar-refractivity contribution in [2.24, 2.45) is 5.92 Å². The predicted molar refractivity (Wildman–Crippen MR) is 176 cm³/mol. The zero-order valence-electron chi connectivity index (χ0n) is 24.9. The van der Waals surface area contributed by atoms with Crippen molar-refractivity contribution in [2.75, 3.05) is 13.2 Å². The number of aromatic nitrogens is 5. The van der Waals surface area contributed by atoms with Crippen molar-refractivity contribution in [3.8, 4) is 28.4 Å². The van der Waals surface area contributed by atoms with Crippen molar-refractivity contribution < 1.29 is 9.47 Å². The highest BCUT2D eigenvalue weighted by Gasteiger charge is 2.14. The van der Waals surface area contributed by atoms with E-state index in [9.17, 15) is 4.79 Å². The van der Waals surface area contributed by atoms with Crippen molar-refractivity contribution in [1.29, 1.82) is 0 Å². The van der Waals surface area contributed by atoms with Crippen LogP contribution in [0.2, 0.25) is 0 Å². The number of nitrogens with zero attached hydrogens (tertiary/aromatic N) is 5. The Morgan fingerprint density at radius 3 is 2.32 bits per heavy atom. The molecule has 44 heavy (non-hydrogen) atoms. The number of para-hydroxylation sites is 1. The van der Waals surface area contributed by atoms with E-state index < -0.39 is 0 Å². The molecule has 0 fully saturated rings. The third-order valence-corrected chi connectivity index (χ3v) is 7.91. The lowest BCUT2D eigenvalue weighted by Gasteiger charge is -2.08. The largest absolute Gasteiger partial charge is 0.494 e. The summed E-state index contributed by atoms with van der Waals surface area (Å²) in [7, 11) is 0. The summed E-state index contributed by atoms with van der Waals surface area (Å²) in [5, 5.41) is 9.36. The van der Waals surface area contributed by atoms with Gasteiger partial charge in [0.15, 0.2) is 5.82 Å². The second-order valence-corrected chi connectivity index (χ2v) is 11.7. The Morgan fingerprint density at radius 1 is 0.886 bits per heavy atom. The maximum Gasteiger partial charge on any atom is 0.291 e. The first-order valence-corrected chi connectivity index (χ1v) is 15.5. The van der Waals surface area contributed by atoms with Crippen LogP contribution < -0.4 is 19.6 Å². The summed E-state index contributed by atoms with van der Waals surface area (Å²) in [6, 6.07) is 25.6. The Kier molecular flexibility index (Phi) is 8.65. The quantitative estimate of drug-likeness (QED) is 0.167.